The van der Waals surface area contributed by atoms with Crippen LogP contribution in [0.2, 0.25) is 0 Å². The SMILES string of the molecule is CCc1nn(C)c(CNc2c(F)c(F)cc(F)c2F)c1Br. The molecule has 0 amide bonds. The molecule has 0 saturated carbocycles. The molecule has 0 aliphatic rings. The summed E-state index contributed by atoms with van der Waals surface area (Å²) < 4.78 is 55.5. The molecule has 1 N–H and O–H groups in total. The third-order valence-corrected chi connectivity index (χ3v) is 3.96. The van der Waals surface area contributed by atoms with Crippen molar-refractivity contribution in [1.82, 2.24) is 9.78 Å². The molecule has 114 valence electrons. The van der Waals surface area contributed by atoms with Crippen LogP contribution in [-0.2, 0) is 20.0 Å². The number of aryl methyl sites for hydroxylation is 2. The van der Waals surface area contributed by atoms with Gasteiger partial charge in [0.15, 0.2) is 23.3 Å². The van der Waals surface area contributed by atoms with Crippen molar-refractivity contribution in [2.24, 2.45) is 7.05 Å². The fourth-order valence-electron chi connectivity index (χ4n) is 1.91. The van der Waals surface area contributed by atoms with Gasteiger partial charge in [0.1, 0.15) is 5.69 Å². The maximum atomic E-state index is 13.5. The maximum Gasteiger partial charge on any atom is 0.185 e. The summed E-state index contributed by atoms with van der Waals surface area (Å²) in [6, 6.07) is 0.172. The molecule has 21 heavy (non-hydrogen) atoms. The van der Waals surface area contributed by atoms with E-state index >= 15 is 0 Å². The first-order valence-corrected chi connectivity index (χ1v) is 6.93. The summed E-state index contributed by atoms with van der Waals surface area (Å²) in [5.41, 5.74) is 0.551. The molecule has 0 atom stereocenters. The maximum absolute atomic E-state index is 13.5. The number of hydrogen-bond donors (Lipinski definition) is 1. The molecule has 1 aromatic carbocycles. The quantitative estimate of drug-likeness (QED) is 0.657. The molecule has 2 rings (SSSR count). The molecule has 0 fully saturated rings. The minimum atomic E-state index is -1.46. The van der Waals surface area contributed by atoms with Gasteiger partial charge in [-0.2, -0.15) is 5.10 Å². The van der Waals surface area contributed by atoms with Gasteiger partial charge in [-0.3, -0.25) is 4.68 Å². The standard InChI is InChI=1S/C13H12BrF4N3/c1-3-8-10(14)9(21(2)20-8)5-19-13-11(17)6(15)4-7(16)12(13)18/h4,19H,3,5H2,1-2H3. The zero-order valence-electron chi connectivity index (χ0n) is 11.3. The number of anilines is 1. The number of aromatic nitrogens is 2. The zero-order valence-corrected chi connectivity index (χ0v) is 12.9. The second kappa shape index (κ2) is 6.05. The van der Waals surface area contributed by atoms with E-state index in [1.54, 1.807) is 7.05 Å². The normalized spacial score (nSPS) is 11.0. The average Bonchev–Trinajstić information content (AvgIpc) is 2.72. The van der Waals surface area contributed by atoms with Crippen LogP contribution < -0.4 is 5.32 Å². The monoisotopic (exact) mass is 365 g/mol. The molecule has 0 unspecified atom stereocenters. The lowest BCUT2D eigenvalue weighted by atomic mass is 10.2. The van der Waals surface area contributed by atoms with Gasteiger partial charge in [-0.05, 0) is 22.4 Å². The fraction of sp³-hybridized carbons (Fsp3) is 0.308. The van der Waals surface area contributed by atoms with Gasteiger partial charge < -0.3 is 5.32 Å². The Kier molecular flexibility index (Phi) is 4.55. The second-order valence-corrected chi connectivity index (χ2v) is 5.17. The Morgan fingerprint density at radius 1 is 1.19 bits per heavy atom. The number of hydrogen-bond acceptors (Lipinski definition) is 2. The van der Waals surface area contributed by atoms with Crippen LogP contribution in [0.4, 0.5) is 23.2 Å². The van der Waals surface area contributed by atoms with Gasteiger partial charge in [0.05, 0.1) is 22.4 Å². The summed E-state index contributed by atoms with van der Waals surface area (Å²) >= 11 is 3.34. The third kappa shape index (κ3) is 2.90. The van der Waals surface area contributed by atoms with Crippen molar-refractivity contribution in [3.63, 3.8) is 0 Å². The molecular formula is C13H12BrF4N3. The average molecular weight is 366 g/mol. The van der Waals surface area contributed by atoms with E-state index in [0.717, 1.165) is 5.69 Å². The van der Waals surface area contributed by atoms with Crippen LogP contribution in [0.5, 0.6) is 0 Å². The van der Waals surface area contributed by atoms with E-state index in [9.17, 15) is 17.6 Å². The highest BCUT2D eigenvalue weighted by Gasteiger charge is 2.20. The van der Waals surface area contributed by atoms with Crippen LogP contribution in [0.15, 0.2) is 10.5 Å². The molecule has 1 aromatic heterocycles. The Morgan fingerprint density at radius 3 is 2.24 bits per heavy atom. The van der Waals surface area contributed by atoms with Gasteiger partial charge in [-0.1, -0.05) is 6.92 Å². The van der Waals surface area contributed by atoms with Crippen LogP contribution >= 0.6 is 15.9 Å². The molecule has 0 aliphatic carbocycles. The Hall–Kier alpha value is -1.57. The van der Waals surface area contributed by atoms with Crippen LogP contribution in [0, 0.1) is 23.3 Å². The lowest BCUT2D eigenvalue weighted by Crippen LogP contribution is -2.10. The van der Waals surface area contributed by atoms with Crippen molar-refractivity contribution in [2.75, 3.05) is 5.32 Å². The predicted molar refractivity (Wildman–Crippen MR) is 73.9 cm³/mol. The topological polar surface area (TPSA) is 29.9 Å². The van der Waals surface area contributed by atoms with E-state index < -0.39 is 29.0 Å². The first-order chi connectivity index (χ1) is 9.86. The number of rotatable bonds is 4. The van der Waals surface area contributed by atoms with Gasteiger partial charge in [0.2, 0.25) is 0 Å². The van der Waals surface area contributed by atoms with E-state index in [1.807, 2.05) is 6.92 Å². The summed E-state index contributed by atoms with van der Waals surface area (Å²) in [5, 5.41) is 6.59. The van der Waals surface area contributed by atoms with Crippen LogP contribution in [0.3, 0.4) is 0 Å². The molecule has 8 heteroatoms. The molecular weight excluding hydrogens is 354 g/mol. The zero-order chi connectivity index (χ0) is 15.7. The predicted octanol–water partition coefficient (Wildman–Crippen LogP) is 3.91. The van der Waals surface area contributed by atoms with E-state index in [-0.39, 0.29) is 12.6 Å². The van der Waals surface area contributed by atoms with Crippen LogP contribution in [0.25, 0.3) is 0 Å². The van der Waals surface area contributed by atoms with Crippen molar-refractivity contribution in [2.45, 2.75) is 19.9 Å². The van der Waals surface area contributed by atoms with Crippen molar-refractivity contribution >= 4 is 21.6 Å². The molecule has 0 spiro atoms. The summed E-state index contributed by atoms with van der Waals surface area (Å²) in [4.78, 5) is 0. The lowest BCUT2D eigenvalue weighted by molar-refractivity contribution is 0.458. The minimum Gasteiger partial charge on any atom is -0.374 e. The highest BCUT2D eigenvalue weighted by atomic mass is 79.9. The number of benzene rings is 1. The molecule has 2 aromatic rings. The lowest BCUT2D eigenvalue weighted by Gasteiger charge is -2.10. The van der Waals surface area contributed by atoms with Gasteiger partial charge in [-0.15, -0.1) is 0 Å². The first-order valence-electron chi connectivity index (χ1n) is 6.13. The van der Waals surface area contributed by atoms with Gasteiger partial charge in [0, 0.05) is 13.1 Å². The third-order valence-electron chi connectivity index (χ3n) is 3.05. The smallest absolute Gasteiger partial charge is 0.185 e. The van der Waals surface area contributed by atoms with Gasteiger partial charge in [0.25, 0.3) is 0 Å². The van der Waals surface area contributed by atoms with E-state index in [1.165, 1.54) is 4.68 Å². The van der Waals surface area contributed by atoms with Crippen molar-refractivity contribution in [3.8, 4) is 0 Å². The molecule has 0 bridgehead atoms. The summed E-state index contributed by atoms with van der Waals surface area (Å²) in [7, 11) is 1.67. The van der Waals surface area contributed by atoms with Crippen molar-refractivity contribution < 1.29 is 17.6 Å². The van der Waals surface area contributed by atoms with E-state index in [4.69, 9.17) is 0 Å². The Labute approximate surface area is 127 Å². The summed E-state index contributed by atoms with van der Waals surface area (Å²) in [6.45, 7) is 1.87. The minimum absolute atomic E-state index is 0.0409. The van der Waals surface area contributed by atoms with Crippen molar-refractivity contribution in [1.29, 1.82) is 0 Å². The largest absolute Gasteiger partial charge is 0.374 e. The Bertz CT molecular complexity index is 659. The van der Waals surface area contributed by atoms with Crippen molar-refractivity contribution in [3.05, 3.63) is 45.2 Å². The number of halogens is 5. The highest BCUT2D eigenvalue weighted by Crippen LogP contribution is 2.27. The first kappa shape index (κ1) is 15.8. The van der Waals surface area contributed by atoms with Crippen LogP contribution in [-0.4, -0.2) is 9.78 Å². The van der Waals surface area contributed by atoms with Crippen LogP contribution in [0.1, 0.15) is 18.3 Å². The van der Waals surface area contributed by atoms with Gasteiger partial charge in [-0.25, -0.2) is 17.6 Å². The Morgan fingerprint density at radius 2 is 1.76 bits per heavy atom. The van der Waals surface area contributed by atoms with E-state index in [0.29, 0.717) is 16.6 Å². The molecule has 0 aliphatic heterocycles. The summed E-state index contributed by atoms with van der Waals surface area (Å²) in [6.07, 6.45) is 0.672. The molecule has 0 saturated heterocycles. The number of nitrogens with zero attached hydrogens (tertiary/aromatic N) is 2. The van der Waals surface area contributed by atoms with E-state index in [2.05, 4.69) is 26.3 Å². The Balaban J connectivity index is 2.31. The molecule has 1 heterocycles. The molecule has 0 radical (unpaired) electrons. The van der Waals surface area contributed by atoms with Gasteiger partial charge >= 0.3 is 0 Å². The molecule has 3 nitrogen and oxygen atoms in total. The highest BCUT2D eigenvalue weighted by molar-refractivity contribution is 9.10. The summed E-state index contributed by atoms with van der Waals surface area (Å²) in [5.74, 6) is -5.81. The second-order valence-electron chi connectivity index (χ2n) is 4.38. The number of nitrogens with one attached hydrogen (secondary N) is 1. The fourth-order valence-corrected chi connectivity index (χ4v) is 2.67.